The minimum absolute atomic E-state index is 0.0628. The van der Waals surface area contributed by atoms with Crippen LogP contribution in [-0.4, -0.2) is 38.4 Å². The van der Waals surface area contributed by atoms with Gasteiger partial charge in [-0.05, 0) is 35.9 Å². The van der Waals surface area contributed by atoms with Crippen LogP contribution in [0.4, 0.5) is 5.82 Å². The van der Waals surface area contributed by atoms with Gasteiger partial charge in [0.2, 0.25) is 0 Å². The van der Waals surface area contributed by atoms with E-state index >= 15 is 0 Å². The summed E-state index contributed by atoms with van der Waals surface area (Å²) >= 11 is 0. The number of pyridine rings is 1. The molecule has 124 valence electrons. The van der Waals surface area contributed by atoms with Gasteiger partial charge in [0.25, 0.3) is 0 Å². The molecule has 23 heavy (non-hydrogen) atoms. The van der Waals surface area contributed by atoms with Crippen LogP contribution in [0.5, 0.6) is 0 Å². The second-order valence-electron chi connectivity index (χ2n) is 5.26. The van der Waals surface area contributed by atoms with E-state index in [1.54, 1.807) is 6.20 Å². The molecule has 1 aromatic carbocycles. The van der Waals surface area contributed by atoms with Crippen molar-refractivity contribution in [2.45, 2.75) is 25.7 Å². The Morgan fingerprint density at radius 2 is 1.96 bits per heavy atom. The molecule has 0 aliphatic heterocycles. The molecule has 1 unspecified atom stereocenters. The lowest BCUT2D eigenvalue weighted by Gasteiger charge is -2.23. The highest BCUT2D eigenvalue weighted by atomic mass is 32.2. The summed E-state index contributed by atoms with van der Waals surface area (Å²) in [5.41, 5.74) is 12.0. The van der Waals surface area contributed by atoms with Crippen LogP contribution < -0.4 is 11.5 Å². The Bertz CT molecular complexity index is 850. The van der Waals surface area contributed by atoms with Gasteiger partial charge >= 0.3 is 0 Å². The van der Waals surface area contributed by atoms with Crippen molar-refractivity contribution in [2.24, 2.45) is 16.5 Å². The summed E-state index contributed by atoms with van der Waals surface area (Å²) in [5, 5.41) is 1.73. The van der Waals surface area contributed by atoms with Gasteiger partial charge in [-0.3, -0.25) is 0 Å². The zero-order chi connectivity index (χ0) is 17.2. The molecule has 0 radical (unpaired) electrons. The lowest BCUT2D eigenvalue weighted by atomic mass is 10.1. The molecule has 7 heteroatoms. The number of hydrogen-bond donors (Lipinski definition) is 2. The number of nitrogens with two attached hydrogens (primary N) is 2. The second kappa shape index (κ2) is 6.55. The van der Waals surface area contributed by atoms with Crippen LogP contribution in [0.25, 0.3) is 10.8 Å². The second-order valence-corrected chi connectivity index (χ2v) is 7.53. The molecule has 0 saturated carbocycles. The first kappa shape index (κ1) is 17.2. The van der Waals surface area contributed by atoms with Crippen molar-refractivity contribution in [1.82, 2.24) is 9.29 Å². The molecular formula is C16H23N5OS. The molecule has 0 aliphatic carbocycles. The number of guanidine groups is 1. The highest BCUT2D eigenvalue weighted by molar-refractivity contribution is 7.98. The molecule has 2 rings (SSSR count). The van der Waals surface area contributed by atoms with Crippen molar-refractivity contribution in [3.8, 4) is 0 Å². The van der Waals surface area contributed by atoms with Gasteiger partial charge in [0.1, 0.15) is 0 Å². The molecule has 1 heterocycles. The normalized spacial score (nSPS) is 13.9. The van der Waals surface area contributed by atoms with E-state index < -0.39 is 9.71 Å². The van der Waals surface area contributed by atoms with E-state index in [0.717, 1.165) is 16.3 Å². The molecule has 4 N–H and O–H groups in total. The molecule has 1 atom stereocenters. The molecular weight excluding hydrogens is 310 g/mol. The average Bonchev–Trinajstić information content (AvgIpc) is 2.50. The molecule has 0 amide bonds. The number of aromatic nitrogens is 1. The highest BCUT2D eigenvalue weighted by Gasteiger charge is 2.17. The summed E-state index contributed by atoms with van der Waals surface area (Å²) in [6.07, 6.45) is 1.72. The van der Waals surface area contributed by atoms with Gasteiger partial charge in [0.05, 0.1) is 9.71 Å². The van der Waals surface area contributed by atoms with E-state index in [0.29, 0.717) is 23.8 Å². The van der Waals surface area contributed by atoms with E-state index in [4.69, 9.17) is 11.5 Å². The zero-order valence-corrected chi connectivity index (χ0v) is 14.6. The monoisotopic (exact) mass is 333 g/mol. The van der Waals surface area contributed by atoms with Crippen LogP contribution >= 0.6 is 0 Å². The molecule has 2 aromatic rings. The standard InChI is InChI=1S/C16H23N5OS/c1-5-21(6-2)23(4,22)12-7-8-13-11(3)10-19-15(14(13)9-12)20-16(17)18/h7-10H,4-6H2,1-3H3,(H4,17,18,19,20). The van der Waals surface area contributed by atoms with E-state index in [-0.39, 0.29) is 5.96 Å². The number of rotatable bonds is 5. The minimum atomic E-state index is -2.56. The topological polar surface area (TPSA) is 97.6 Å². The van der Waals surface area contributed by atoms with Gasteiger partial charge in [0.15, 0.2) is 11.8 Å². The first-order valence-corrected chi connectivity index (χ1v) is 9.11. The first-order chi connectivity index (χ1) is 10.8. The van der Waals surface area contributed by atoms with Gasteiger partial charge in [-0.2, -0.15) is 4.99 Å². The number of hydrogen-bond acceptors (Lipinski definition) is 3. The lowest BCUT2D eigenvalue weighted by molar-refractivity contribution is 0.487. The summed E-state index contributed by atoms with van der Waals surface area (Å²) in [5.74, 6) is 4.31. The SMILES string of the molecule is C=S(=O)(c1ccc2c(C)cnc(N=C(N)N)c2c1)N(CC)CC. The largest absolute Gasteiger partial charge is 0.370 e. The number of nitrogens with zero attached hydrogens (tertiary/aromatic N) is 3. The maximum Gasteiger partial charge on any atom is 0.192 e. The average molecular weight is 333 g/mol. The number of aliphatic imine (C=N–C) groups is 1. The van der Waals surface area contributed by atoms with Crippen molar-refractivity contribution in [3.63, 3.8) is 0 Å². The van der Waals surface area contributed by atoms with Crippen LogP contribution in [0.1, 0.15) is 19.4 Å². The fraction of sp³-hybridized carbons (Fsp3) is 0.312. The van der Waals surface area contributed by atoms with Crippen molar-refractivity contribution in [1.29, 1.82) is 0 Å². The third-order valence-corrected chi connectivity index (χ3v) is 6.10. The van der Waals surface area contributed by atoms with E-state index in [1.165, 1.54) is 0 Å². The van der Waals surface area contributed by atoms with Crippen molar-refractivity contribution >= 4 is 38.1 Å². The van der Waals surface area contributed by atoms with Crippen molar-refractivity contribution in [3.05, 3.63) is 30.0 Å². The summed E-state index contributed by atoms with van der Waals surface area (Å²) < 4.78 is 15.0. The molecule has 0 aliphatic rings. The molecule has 0 bridgehead atoms. The van der Waals surface area contributed by atoms with Crippen molar-refractivity contribution < 1.29 is 4.21 Å². The van der Waals surface area contributed by atoms with E-state index in [2.05, 4.69) is 15.8 Å². The van der Waals surface area contributed by atoms with Crippen LogP contribution in [0.3, 0.4) is 0 Å². The number of benzene rings is 1. The Balaban J connectivity index is 2.73. The molecule has 1 aromatic heterocycles. The van der Waals surface area contributed by atoms with Crippen molar-refractivity contribution in [2.75, 3.05) is 13.1 Å². The summed E-state index contributed by atoms with van der Waals surface area (Å²) in [7, 11) is -2.56. The Labute approximate surface area is 137 Å². The lowest BCUT2D eigenvalue weighted by Crippen LogP contribution is -2.30. The quantitative estimate of drug-likeness (QED) is 0.495. The molecule has 0 saturated heterocycles. The summed E-state index contributed by atoms with van der Waals surface area (Å²) in [4.78, 5) is 9.00. The Morgan fingerprint density at radius 1 is 1.30 bits per heavy atom. The van der Waals surface area contributed by atoms with Gasteiger partial charge in [-0.25, -0.2) is 13.5 Å². The number of aryl methyl sites for hydroxylation is 1. The number of fused-ring (bicyclic) bond motifs is 1. The summed E-state index contributed by atoms with van der Waals surface area (Å²) in [6, 6.07) is 5.59. The van der Waals surface area contributed by atoms with Gasteiger partial charge < -0.3 is 11.5 Å². The minimum Gasteiger partial charge on any atom is -0.370 e. The van der Waals surface area contributed by atoms with E-state index in [9.17, 15) is 4.21 Å². The van der Waals surface area contributed by atoms with Crippen LogP contribution in [0.2, 0.25) is 0 Å². The molecule has 0 spiro atoms. The maximum absolute atomic E-state index is 13.1. The fourth-order valence-corrected chi connectivity index (χ4v) is 4.26. The van der Waals surface area contributed by atoms with Crippen LogP contribution in [-0.2, 0) is 9.71 Å². The Hall–Kier alpha value is -2.12. The third-order valence-electron chi connectivity index (χ3n) is 3.76. The summed E-state index contributed by atoms with van der Waals surface area (Å²) in [6.45, 7) is 7.20. The maximum atomic E-state index is 13.1. The van der Waals surface area contributed by atoms with E-state index in [1.807, 2.05) is 43.3 Å². The van der Waals surface area contributed by atoms with Crippen LogP contribution in [0.15, 0.2) is 34.3 Å². The zero-order valence-electron chi connectivity index (χ0n) is 13.7. The Kier molecular flexibility index (Phi) is 4.91. The third kappa shape index (κ3) is 3.30. The van der Waals surface area contributed by atoms with Crippen LogP contribution in [0, 0.1) is 6.92 Å². The van der Waals surface area contributed by atoms with Gasteiger partial charge in [-0.1, -0.05) is 19.9 Å². The predicted octanol–water partition coefficient (Wildman–Crippen LogP) is 1.78. The smallest absolute Gasteiger partial charge is 0.192 e. The molecule has 0 fully saturated rings. The predicted molar refractivity (Wildman–Crippen MR) is 98.4 cm³/mol. The fourth-order valence-electron chi connectivity index (χ4n) is 2.55. The molecule has 6 nitrogen and oxygen atoms in total. The first-order valence-electron chi connectivity index (χ1n) is 7.42. The Morgan fingerprint density at radius 3 is 2.52 bits per heavy atom. The van der Waals surface area contributed by atoms with Gasteiger partial charge in [-0.15, -0.1) is 0 Å². The highest BCUT2D eigenvalue weighted by Crippen LogP contribution is 2.29. The van der Waals surface area contributed by atoms with Gasteiger partial charge in [0, 0.05) is 29.6 Å².